The lowest BCUT2D eigenvalue weighted by molar-refractivity contribution is 0.214. The van der Waals surface area contributed by atoms with E-state index in [-0.39, 0.29) is 6.61 Å². The number of aliphatic hydroxyl groups excluding tert-OH is 1. The van der Waals surface area contributed by atoms with Crippen LogP contribution in [0.1, 0.15) is 19.1 Å². The average molecular weight is 183 g/mol. The molecule has 3 nitrogen and oxygen atoms in total. The molecule has 3 heteroatoms. The van der Waals surface area contributed by atoms with Gasteiger partial charge in [0.1, 0.15) is 5.76 Å². The fraction of sp³-hybridized carbons (Fsp3) is 0.600. The normalized spacial score (nSPS) is 11.0. The van der Waals surface area contributed by atoms with Gasteiger partial charge in [0.05, 0.1) is 12.8 Å². The highest BCUT2D eigenvalue weighted by Gasteiger charge is 2.04. The minimum Gasteiger partial charge on any atom is -0.468 e. The summed E-state index contributed by atoms with van der Waals surface area (Å²) in [4.78, 5) is 2.25. The van der Waals surface area contributed by atoms with Crippen molar-refractivity contribution < 1.29 is 9.52 Å². The first kappa shape index (κ1) is 10.3. The van der Waals surface area contributed by atoms with Gasteiger partial charge >= 0.3 is 0 Å². The summed E-state index contributed by atoms with van der Waals surface area (Å²) in [5.74, 6) is 0.986. The van der Waals surface area contributed by atoms with Crippen LogP contribution >= 0.6 is 0 Å². The Morgan fingerprint density at radius 2 is 2.38 bits per heavy atom. The molecule has 0 aliphatic rings. The predicted octanol–water partition coefficient (Wildman–Crippen LogP) is 1.48. The molecule has 0 spiro atoms. The summed E-state index contributed by atoms with van der Waals surface area (Å²) in [6.07, 6.45) is 2.52. The summed E-state index contributed by atoms with van der Waals surface area (Å²) in [7, 11) is 0. The van der Waals surface area contributed by atoms with E-state index in [1.165, 1.54) is 0 Å². The zero-order valence-electron chi connectivity index (χ0n) is 8.07. The molecule has 0 atom stereocenters. The molecule has 1 aromatic rings. The van der Waals surface area contributed by atoms with Gasteiger partial charge in [-0.2, -0.15) is 0 Å². The highest BCUT2D eigenvalue weighted by atomic mass is 16.3. The van der Waals surface area contributed by atoms with Gasteiger partial charge in [-0.3, -0.25) is 4.90 Å². The topological polar surface area (TPSA) is 36.6 Å². The van der Waals surface area contributed by atoms with E-state index < -0.39 is 0 Å². The van der Waals surface area contributed by atoms with Crippen molar-refractivity contribution in [3.8, 4) is 0 Å². The van der Waals surface area contributed by atoms with E-state index in [0.717, 1.165) is 31.8 Å². The number of hydrogen-bond donors (Lipinski definition) is 1. The van der Waals surface area contributed by atoms with Crippen molar-refractivity contribution in [2.75, 3.05) is 19.7 Å². The van der Waals surface area contributed by atoms with Crippen LogP contribution in [0, 0.1) is 0 Å². The van der Waals surface area contributed by atoms with E-state index in [4.69, 9.17) is 9.52 Å². The summed E-state index contributed by atoms with van der Waals surface area (Å²) in [6.45, 7) is 5.12. The average Bonchev–Trinajstić information content (AvgIpc) is 2.64. The zero-order chi connectivity index (χ0) is 9.52. The third kappa shape index (κ3) is 3.61. The van der Waals surface area contributed by atoms with Gasteiger partial charge in [-0.15, -0.1) is 0 Å². The number of rotatable bonds is 6. The molecule has 0 aromatic carbocycles. The Labute approximate surface area is 79.0 Å². The lowest BCUT2D eigenvalue weighted by Crippen LogP contribution is -2.24. The summed E-state index contributed by atoms with van der Waals surface area (Å²) in [6, 6.07) is 3.87. The number of hydrogen-bond acceptors (Lipinski definition) is 3. The minimum absolute atomic E-state index is 0.259. The maximum atomic E-state index is 8.69. The van der Waals surface area contributed by atoms with Crippen LogP contribution in [0.3, 0.4) is 0 Å². The molecule has 0 aliphatic carbocycles. The summed E-state index contributed by atoms with van der Waals surface area (Å²) < 4.78 is 5.24. The Kier molecular flexibility index (Phi) is 4.57. The lowest BCUT2D eigenvalue weighted by Gasteiger charge is -2.17. The van der Waals surface area contributed by atoms with Crippen LogP contribution in [-0.2, 0) is 6.54 Å². The Bertz CT molecular complexity index is 209. The Hall–Kier alpha value is -0.800. The fourth-order valence-electron chi connectivity index (χ4n) is 1.27. The third-order valence-electron chi connectivity index (χ3n) is 2.04. The van der Waals surface area contributed by atoms with Gasteiger partial charge < -0.3 is 9.52 Å². The van der Waals surface area contributed by atoms with Crippen LogP contribution in [0.15, 0.2) is 22.8 Å². The molecule has 0 radical (unpaired) electrons. The van der Waals surface area contributed by atoms with E-state index in [2.05, 4.69) is 11.8 Å². The van der Waals surface area contributed by atoms with Gasteiger partial charge in [0.25, 0.3) is 0 Å². The molecule has 1 aromatic heterocycles. The minimum atomic E-state index is 0.259. The molecule has 0 unspecified atom stereocenters. The summed E-state index contributed by atoms with van der Waals surface area (Å²) in [5.41, 5.74) is 0. The molecule has 1 rings (SSSR count). The largest absolute Gasteiger partial charge is 0.468 e. The first-order valence-electron chi connectivity index (χ1n) is 4.72. The standard InChI is InChI=1S/C10H17NO2/c1-2-11(6-4-7-12)9-10-5-3-8-13-10/h3,5,8,12H,2,4,6-7,9H2,1H3. The number of aliphatic hydroxyl groups is 1. The summed E-state index contributed by atoms with van der Waals surface area (Å²) in [5, 5.41) is 8.69. The van der Waals surface area contributed by atoms with E-state index >= 15 is 0 Å². The second-order valence-corrected chi connectivity index (χ2v) is 3.03. The van der Waals surface area contributed by atoms with E-state index in [0.29, 0.717) is 0 Å². The van der Waals surface area contributed by atoms with Gasteiger partial charge in [0.2, 0.25) is 0 Å². The highest BCUT2D eigenvalue weighted by Crippen LogP contribution is 2.05. The molecule has 0 aliphatic heterocycles. The lowest BCUT2D eigenvalue weighted by atomic mass is 10.3. The van der Waals surface area contributed by atoms with E-state index in [1.54, 1.807) is 6.26 Å². The fourth-order valence-corrected chi connectivity index (χ4v) is 1.27. The molecular formula is C10H17NO2. The van der Waals surface area contributed by atoms with Crippen molar-refractivity contribution in [1.82, 2.24) is 4.90 Å². The van der Waals surface area contributed by atoms with Crippen LogP contribution in [0.2, 0.25) is 0 Å². The van der Waals surface area contributed by atoms with Gasteiger partial charge in [0, 0.05) is 13.2 Å². The second kappa shape index (κ2) is 5.78. The van der Waals surface area contributed by atoms with Crippen molar-refractivity contribution in [3.05, 3.63) is 24.2 Å². The molecule has 0 fully saturated rings. The van der Waals surface area contributed by atoms with Crippen molar-refractivity contribution in [2.45, 2.75) is 19.9 Å². The van der Waals surface area contributed by atoms with E-state index in [1.807, 2.05) is 12.1 Å². The second-order valence-electron chi connectivity index (χ2n) is 3.03. The quantitative estimate of drug-likeness (QED) is 0.725. The predicted molar refractivity (Wildman–Crippen MR) is 51.4 cm³/mol. The Morgan fingerprint density at radius 3 is 2.92 bits per heavy atom. The molecule has 1 N–H and O–H groups in total. The zero-order valence-corrected chi connectivity index (χ0v) is 8.07. The molecular weight excluding hydrogens is 166 g/mol. The monoisotopic (exact) mass is 183 g/mol. The van der Waals surface area contributed by atoms with Gasteiger partial charge in [-0.1, -0.05) is 6.92 Å². The molecule has 0 saturated carbocycles. The van der Waals surface area contributed by atoms with Crippen molar-refractivity contribution in [1.29, 1.82) is 0 Å². The Morgan fingerprint density at radius 1 is 1.54 bits per heavy atom. The molecule has 0 amide bonds. The van der Waals surface area contributed by atoms with Crippen LogP contribution < -0.4 is 0 Å². The molecule has 0 saturated heterocycles. The van der Waals surface area contributed by atoms with Crippen molar-refractivity contribution >= 4 is 0 Å². The van der Waals surface area contributed by atoms with Crippen LogP contribution in [0.4, 0.5) is 0 Å². The Balaban J connectivity index is 2.31. The number of nitrogens with zero attached hydrogens (tertiary/aromatic N) is 1. The maximum Gasteiger partial charge on any atom is 0.117 e. The number of furan rings is 1. The smallest absolute Gasteiger partial charge is 0.117 e. The SMILES string of the molecule is CCN(CCCO)Cc1ccco1. The molecule has 0 bridgehead atoms. The third-order valence-corrected chi connectivity index (χ3v) is 2.04. The van der Waals surface area contributed by atoms with Gasteiger partial charge in [-0.05, 0) is 25.1 Å². The van der Waals surface area contributed by atoms with E-state index in [9.17, 15) is 0 Å². The van der Waals surface area contributed by atoms with Crippen molar-refractivity contribution in [2.24, 2.45) is 0 Å². The van der Waals surface area contributed by atoms with Crippen LogP contribution in [0.25, 0.3) is 0 Å². The van der Waals surface area contributed by atoms with Crippen LogP contribution in [-0.4, -0.2) is 29.7 Å². The first-order valence-corrected chi connectivity index (χ1v) is 4.72. The van der Waals surface area contributed by atoms with Crippen molar-refractivity contribution in [3.63, 3.8) is 0 Å². The van der Waals surface area contributed by atoms with Crippen LogP contribution in [0.5, 0.6) is 0 Å². The van der Waals surface area contributed by atoms with Gasteiger partial charge in [-0.25, -0.2) is 0 Å². The maximum absolute atomic E-state index is 8.69. The molecule has 74 valence electrons. The first-order chi connectivity index (χ1) is 6.36. The molecule has 1 heterocycles. The highest BCUT2D eigenvalue weighted by molar-refractivity contribution is 4.97. The van der Waals surface area contributed by atoms with Gasteiger partial charge in [0.15, 0.2) is 0 Å². The molecule has 13 heavy (non-hydrogen) atoms. The summed E-state index contributed by atoms with van der Waals surface area (Å²) >= 11 is 0.